The Kier molecular flexibility index (Phi) is 2.13. The predicted molar refractivity (Wildman–Crippen MR) is 49.2 cm³/mol. The van der Waals surface area contributed by atoms with Crippen molar-refractivity contribution in [3.63, 3.8) is 0 Å². The van der Waals surface area contributed by atoms with Crippen LogP contribution in [0.1, 0.15) is 26.2 Å². The van der Waals surface area contributed by atoms with Gasteiger partial charge in [-0.15, -0.1) is 0 Å². The lowest BCUT2D eigenvalue weighted by Gasteiger charge is -2.45. The average Bonchev–Trinajstić information content (AvgIpc) is 2.78. The summed E-state index contributed by atoms with van der Waals surface area (Å²) in [7, 11) is 2.23. The van der Waals surface area contributed by atoms with Crippen molar-refractivity contribution < 1.29 is 4.74 Å². The molecule has 0 aromatic rings. The van der Waals surface area contributed by atoms with Crippen LogP contribution in [0, 0.1) is 5.92 Å². The highest BCUT2D eigenvalue weighted by Crippen LogP contribution is 2.33. The fraction of sp³-hybridized carbons (Fsp3) is 1.00. The van der Waals surface area contributed by atoms with Crippen LogP contribution < -0.4 is 0 Å². The van der Waals surface area contributed by atoms with E-state index < -0.39 is 0 Å². The number of ether oxygens (including phenoxy) is 1. The molecule has 1 heterocycles. The van der Waals surface area contributed by atoms with Gasteiger partial charge in [0.1, 0.15) is 0 Å². The molecular weight excluding hydrogens is 150 g/mol. The number of rotatable bonds is 4. The van der Waals surface area contributed by atoms with Gasteiger partial charge >= 0.3 is 0 Å². The second kappa shape index (κ2) is 3.00. The predicted octanol–water partition coefficient (Wildman–Crippen LogP) is 1.51. The summed E-state index contributed by atoms with van der Waals surface area (Å²) >= 11 is 0. The van der Waals surface area contributed by atoms with Crippen molar-refractivity contribution >= 4 is 0 Å². The van der Waals surface area contributed by atoms with E-state index in [9.17, 15) is 0 Å². The average molecular weight is 169 g/mol. The Morgan fingerprint density at radius 2 is 2.08 bits per heavy atom. The van der Waals surface area contributed by atoms with Crippen molar-refractivity contribution in [1.82, 2.24) is 4.90 Å². The van der Waals surface area contributed by atoms with E-state index in [-0.39, 0.29) is 0 Å². The van der Waals surface area contributed by atoms with E-state index in [1.807, 2.05) is 0 Å². The van der Waals surface area contributed by atoms with Gasteiger partial charge in [-0.05, 0) is 32.9 Å². The van der Waals surface area contributed by atoms with Gasteiger partial charge in [-0.25, -0.2) is 0 Å². The Balaban J connectivity index is 1.70. The first-order valence-electron chi connectivity index (χ1n) is 5.00. The summed E-state index contributed by atoms with van der Waals surface area (Å²) in [5.41, 5.74) is 0.356. The molecule has 0 spiro atoms. The molecule has 2 heteroatoms. The molecule has 0 unspecified atom stereocenters. The van der Waals surface area contributed by atoms with E-state index in [1.165, 1.54) is 25.8 Å². The third-order valence-electron chi connectivity index (χ3n) is 3.32. The van der Waals surface area contributed by atoms with Crippen LogP contribution in [0.5, 0.6) is 0 Å². The lowest BCUT2D eigenvalue weighted by atomic mass is 9.98. The minimum absolute atomic E-state index is 0.356. The van der Waals surface area contributed by atoms with Gasteiger partial charge in [-0.3, -0.25) is 4.90 Å². The second-order valence-electron chi connectivity index (χ2n) is 4.64. The van der Waals surface area contributed by atoms with Crippen LogP contribution in [-0.4, -0.2) is 37.2 Å². The maximum absolute atomic E-state index is 5.24. The normalized spacial score (nSPS) is 27.2. The van der Waals surface area contributed by atoms with E-state index in [2.05, 4.69) is 18.9 Å². The van der Waals surface area contributed by atoms with Gasteiger partial charge in [0, 0.05) is 0 Å². The van der Waals surface area contributed by atoms with Gasteiger partial charge in [0.25, 0.3) is 0 Å². The summed E-state index contributed by atoms with van der Waals surface area (Å²) in [4.78, 5) is 2.47. The third-order valence-corrected chi connectivity index (χ3v) is 3.32. The van der Waals surface area contributed by atoms with Crippen LogP contribution in [0.25, 0.3) is 0 Å². The lowest BCUT2D eigenvalue weighted by molar-refractivity contribution is -0.122. The Morgan fingerprint density at radius 3 is 2.50 bits per heavy atom. The zero-order chi connectivity index (χ0) is 8.60. The van der Waals surface area contributed by atoms with E-state index in [0.29, 0.717) is 5.54 Å². The molecule has 2 aliphatic rings. The van der Waals surface area contributed by atoms with Gasteiger partial charge in [0.2, 0.25) is 0 Å². The van der Waals surface area contributed by atoms with Crippen LogP contribution >= 0.6 is 0 Å². The summed E-state index contributed by atoms with van der Waals surface area (Å²) in [6, 6.07) is 0. The second-order valence-corrected chi connectivity index (χ2v) is 4.64. The van der Waals surface area contributed by atoms with Crippen molar-refractivity contribution in [2.45, 2.75) is 31.7 Å². The first kappa shape index (κ1) is 8.52. The minimum atomic E-state index is 0.356. The zero-order valence-electron chi connectivity index (χ0n) is 8.18. The van der Waals surface area contributed by atoms with Crippen LogP contribution in [0.3, 0.4) is 0 Å². The third kappa shape index (κ3) is 1.64. The highest BCUT2D eigenvalue weighted by Gasteiger charge is 2.37. The Bertz CT molecular complexity index is 161. The Labute approximate surface area is 74.9 Å². The van der Waals surface area contributed by atoms with Crippen molar-refractivity contribution in [2.75, 3.05) is 26.8 Å². The van der Waals surface area contributed by atoms with Gasteiger partial charge < -0.3 is 4.74 Å². The first-order chi connectivity index (χ1) is 5.71. The zero-order valence-corrected chi connectivity index (χ0v) is 8.18. The van der Waals surface area contributed by atoms with E-state index >= 15 is 0 Å². The molecule has 0 atom stereocenters. The van der Waals surface area contributed by atoms with Gasteiger partial charge in [0.05, 0.1) is 18.8 Å². The molecule has 0 N–H and O–H groups in total. The monoisotopic (exact) mass is 169 g/mol. The largest absolute Gasteiger partial charge is 0.377 e. The summed E-state index contributed by atoms with van der Waals surface area (Å²) in [5.74, 6) is 1.05. The molecule has 0 bridgehead atoms. The van der Waals surface area contributed by atoms with Crippen LogP contribution in [0.4, 0.5) is 0 Å². The van der Waals surface area contributed by atoms with Gasteiger partial charge in [-0.1, -0.05) is 12.8 Å². The Hall–Kier alpha value is -0.0800. The molecule has 0 aromatic heterocycles. The fourth-order valence-corrected chi connectivity index (χ4v) is 1.67. The van der Waals surface area contributed by atoms with Gasteiger partial charge in [0.15, 0.2) is 0 Å². The van der Waals surface area contributed by atoms with E-state index in [1.54, 1.807) is 0 Å². The molecule has 1 saturated heterocycles. The summed E-state index contributed by atoms with van der Waals surface area (Å²) < 4.78 is 5.24. The van der Waals surface area contributed by atoms with E-state index in [4.69, 9.17) is 4.74 Å². The first-order valence-corrected chi connectivity index (χ1v) is 5.00. The minimum Gasteiger partial charge on any atom is -0.377 e. The van der Waals surface area contributed by atoms with Crippen LogP contribution in [0.15, 0.2) is 0 Å². The highest BCUT2D eigenvalue weighted by atomic mass is 16.5. The maximum atomic E-state index is 5.24. The molecule has 2 fully saturated rings. The lowest BCUT2D eigenvalue weighted by Crippen LogP contribution is -2.58. The molecule has 70 valence electrons. The number of nitrogens with zero attached hydrogens (tertiary/aromatic N) is 1. The highest BCUT2D eigenvalue weighted by molar-refractivity contribution is 4.91. The quantitative estimate of drug-likeness (QED) is 0.632. The van der Waals surface area contributed by atoms with E-state index in [0.717, 1.165) is 19.1 Å². The van der Waals surface area contributed by atoms with Crippen LogP contribution in [-0.2, 0) is 4.74 Å². The smallest absolute Gasteiger partial charge is 0.0671 e. The fourth-order valence-electron chi connectivity index (χ4n) is 1.67. The van der Waals surface area contributed by atoms with Crippen molar-refractivity contribution in [2.24, 2.45) is 5.92 Å². The standard InChI is InChI=1S/C10H19NO/c1-10(7-12-8-10)11(2)6-5-9-3-4-9/h9H,3-8H2,1-2H3. The van der Waals surface area contributed by atoms with Crippen LogP contribution in [0.2, 0.25) is 0 Å². The molecule has 0 amide bonds. The molecule has 1 saturated carbocycles. The molecule has 2 nitrogen and oxygen atoms in total. The molecule has 1 aliphatic carbocycles. The summed E-state index contributed by atoms with van der Waals surface area (Å²) in [6.07, 6.45) is 4.34. The molecule has 12 heavy (non-hydrogen) atoms. The van der Waals surface area contributed by atoms with Crippen molar-refractivity contribution in [3.05, 3.63) is 0 Å². The molecule has 2 rings (SSSR count). The Morgan fingerprint density at radius 1 is 1.42 bits per heavy atom. The SMILES string of the molecule is CN(CCC1CC1)C1(C)COC1. The molecular formula is C10H19NO. The van der Waals surface area contributed by atoms with Crippen molar-refractivity contribution in [1.29, 1.82) is 0 Å². The van der Waals surface area contributed by atoms with Gasteiger partial charge in [-0.2, -0.15) is 0 Å². The maximum Gasteiger partial charge on any atom is 0.0671 e. The summed E-state index contributed by atoms with van der Waals surface area (Å²) in [5, 5.41) is 0. The molecule has 0 aromatic carbocycles. The molecule has 1 aliphatic heterocycles. The topological polar surface area (TPSA) is 12.5 Å². The molecule has 0 radical (unpaired) electrons. The number of likely N-dealkylation sites (N-methyl/N-ethyl adjacent to an activating group) is 1. The number of hydrogen-bond donors (Lipinski definition) is 0. The summed E-state index contributed by atoms with van der Waals surface area (Å²) in [6.45, 7) is 5.40. The number of hydrogen-bond acceptors (Lipinski definition) is 2. The van der Waals surface area contributed by atoms with Crippen molar-refractivity contribution in [3.8, 4) is 0 Å².